The summed E-state index contributed by atoms with van der Waals surface area (Å²) < 4.78 is 1.20. The van der Waals surface area contributed by atoms with Crippen molar-refractivity contribution in [1.29, 1.82) is 0 Å². The van der Waals surface area contributed by atoms with Crippen LogP contribution in [0.4, 0.5) is 0 Å². The summed E-state index contributed by atoms with van der Waals surface area (Å²) in [6.07, 6.45) is 1.04. The maximum Gasteiger partial charge on any atom is 0.0327 e. The summed E-state index contributed by atoms with van der Waals surface area (Å²) in [6, 6.07) is 2.07. The molecular formula is C8H13BrN2S. The second-order valence-corrected chi connectivity index (χ2v) is 4.37. The summed E-state index contributed by atoms with van der Waals surface area (Å²) in [5.74, 6) is 0. The van der Waals surface area contributed by atoms with Gasteiger partial charge in [-0.15, -0.1) is 11.3 Å². The number of nitrogens with one attached hydrogen (secondary N) is 1. The molecule has 0 aliphatic heterocycles. The molecule has 2 nitrogen and oxygen atoms in total. The third kappa shape index (κ3) is 3.23. The van der Waals surface area contributed by atoms with Crippen LogP contribution in [0.5, 0.6) is 0 Å². The minimum absolute atomic E-state index is 0.763. The van der Waals surface area contributed by atoms with Gasteiger partial charge in [-0.3, -0.25) is 0 Å². The minimum atomic E-state index is 0.763. The monoisotopic (exact) mass is 248 g/mol. The molecule has 1 aromatic rings. The molecule has 4 heteroatoms. The lowest BCUT2D eigenvalue weighted by atomic mass is 10.4. The van der Waals surface area contributed by atoms with E-state index in [9.17, 15) is 0 Å². The minimum Gasteiger partial charge on any atom is -0.330 e. The van der Waals surface area contributed by atoms with E-state index in [0.29, 0.717) is 0 Å². The van der Waals surface area contributed by atoms with Crippen LogP contribution < -0.4 is 11.1 Å². The van der Waals surface area contributed by atoms with Crippen LogP contribution in [0.15, 0.2) is 15.9 Å². The maximum absolute atomic E-state index is 5.37. The highest BCUT2D eigenvalue weighted by atomic mass is 79.9. The fourth-order valence-electron chi connectivity index (χ4n) is 0.880. The first-order chi connectivity index (χ1) is 5.84. The molecule has 0 saturated carbocycles. The van der Waals surface area contributed by atoms with Crippen LogP contribution in [0.25, 0.3) is 0 Å². The molecule has 0 spiro atoms. The van der Waals surface area contributed by atoms with Crippen molar-refractivity contribution in [2.75, 3.05) is 13.1 Å². The van der Waals surface area contributed by atoms with Crippen molar-refractivity contribution in [2.45, 2.75) is 13.0 Å². The largest absolute Gasteiger partial charge is 0.330 e. The van der Waals surface area contributed by atoms with Crippen LogP contribution in [0.3, 0.4) is 0 Å². The Labute approximate surface area is 85.3 Å². The lowest BCUT2D eigenvalue weighted by Crippen LogP contribution is -2.17. The van der Waals surface area contributed by atoms with Gasteiger partial charge in [0, 0.05) is 15.9 Å². The Kier molecular flexibility index (Phi) is 4.83. The normalized spacial score (nSPS) is 10.5. The Morgan fingerprint density at radius 1 is 1.58 bits per heavy atom. The molecule has 0 aromatic carbocycles. The highest BCUT2D eigenvalue weighted by Gasteiger charge is 1.98. The van der Waals surface area contributed by atoms with Gasteiger partial charge in [-0.2, -0.15) is 0 Å². The van der Waals surface area contributed by atoms with Crippen molar-refractivity contribution in [2.24, 2.45) is 5.73 Å². The molecule has 12 heavy (non-hydrogen) atoms. The Balaban J connectivity index is 2.20. The molecule has 0 aliphatic rings. The average Bonchev–Trinajstić information content (AvgIpc) is 2.46. The highest BCUT2D eigenvalue weighted by molar-refractivity contribution is 9.10. The number of halogens is 1. The summed E-state index contributed by atoms with van der Waals surface area (Å²) in [5, 5.41) is 5.42. The van der Waals surface area contributed by atoms with Gasteiger partial charge in [-0.25, -0.2) is 0 Å². The van der Waals surface area contributed by atoms with E-state index in [4.69, 9.17) is 5.73 Å². The van der Waals surface area contributed by atoms with E-state index >= 15 is 0 Å². The molecule has 1 rings (SSSR count). The number of hydrogen-bond acceptors (Lipinski definition) is 3. The van der Waals surface area contributed by atoms with Crippen LogP contribution >= 0.6 is 27.3 Å². The van der Waals surface area contributed by atoms with E-state index in [0.717, 1.165) is 26.1 Å². The predicted molar refractivity (Wildman–Crippen MR) is 57.4 cm³/mol. The van der Waals surface area contributed by atoms with E-state index in [1.54, 1.807) is 11.3 Å². The summed E-state index contributed by atoms with van der Waals surface area (Å²) >= 11 is 5.25. The molecular weight excluding hydrogens is 236 g/mol. The molecule has 0 aliphatic carbocycles. The van der Waals surface area contributed by atoms with Crippen molar-refractivity contribution in [3.05, 3.63) is 20.8 Å². The van der Waals surface area contributed by atoms with Crippen LogP contribution in [0, 0.1) is 0 Å². The zero-order chi connectivity index (χ0) is 8.81. The molecule has 1 heterocycles. The molecule has 0 fully saturated rings. The zero-order valence-corrected chi connectivity index (χ0v) is 9.25. The molecule has 0 radical (unpaired) electrons. The SMILES string of the molecule is NCCCNCc1sccc1Br. The Bertz CT molecular complexity index is 225. The van der Waals surface area contributed by atoms with E-state index in [-0.39, 0.29) is 0 Å². The summed E-state index contributed by atoms with van der Waals surface area (Å²) in [7, 11) is 0. The third-order valence-electron chi connectivity index (χ3n) is 1.53. The smallest absolute Gasteiger partial charge is 0.0327 e. The lowest BCUT2D eigenvalue weighted by molar-refractivity contribution is 0.659. The van der Waals surface area contributed by atoms with Crippen LogP contribution in [0.2, 0.25) is 0 Å². The van der Waals surface area contributed by atoms with Gasteiger partial charge in [-0.05, 0) is 46.9 Å². The van der Waals surface area contributed by atoms with Crippen LogP contribution in [-0.4, -0.2) is 13.1 Å². The van der Waals surface area contributed by atoms with Gasteiger partial charge in [0.25, 0.3) is 0 Å². The topological polar surface area (TPSA) is 38.0 Å². The van der Waals surface area contributed by atoms with E-state index in [1.165, 1.54) is 9.35 Å². The zero-order valence-electron chi connectivity index (χ0n) is 6.85. The summed E-state index contributed by atoms with van der Waals surface area (Å²) in [5.41, 5.74) is 5.37. The fourth-order valence-corrected chi connectivity index (χ4v) is 2.34. The van der Waals surface area contributed by atoms with Gasteiger partial charge >= 0.3 is 0 Å². The first kappa shape index (κ1) is 10.2. The van der Waals surface area contributed by atoms with E-state index in [1.807, 2.05) is 0 Å². The molecule has 0 atom stereocenters. The van der Waals surface area contributed by atoms with Crippen molar-refractivity contribution < 1.29 is 0 Å². The molecule has 3 N–H and O–H groups in total. The quantitative estimate of drug-likeness (QED) is 0.783. The number of nitrogens with two attached hydrogens (primary N) is 1. The fraction of sp³-hybridized carbons (Fsp3) is 0.500. The van der Waals surface area contributed by atoms with Crippen molar-refractivity contribution in [3.63, 3.8) is 0 Å². The molecule has 0 unspecified atom stereocenters. The second kappa shape index (κ2) is 5.70. The van der Waals surface area contributed by atoms with Gasteiger partial charge in [0.2, 0.25) is 0 Å². The third-order valence-corrected chi connectivity index (χ3v) is 3.46. The first-order valence-corrected chi connectivity index (χ1v) is 5.64. The van der Waals surface area contributed by atoms with Crippen molar-refractivity contribution in [1.82, 2.24) is 5.32 Å². The number of thiophene rings is 1. The van der Waals surface area contributed by atoms with Crippen LogP contribution in [-0.2, 0) is 6.54 Å². The average molecular weight is 249 g/mol. The summed E-state index contributed by atoms with van der Waals surface area (Å²) in [6.45, 7) is 2.71. The predicted octanol–water partition coefficient (Wildman–Crippen LogP) is 1.95. The molecule has 0 amide bonds. The molecule has 68 valence electrons. The molecule has 1 aromatic heterocycles. The Morgan fingerprint density at radius 2 is 2.42 bits per heavy atom. The Morgan fingerprint density at radius 3 is 3.00 bits per heavy atom. The van der Waals surface area contributed by atoms with E-state index < -0.39 is 0 Å². The van der Waals surface area contributed by atoms with Crippen LogP contribution in [0.1, 0.15) is 11.3 Å². The van der Waals surface area contributed by atoms with Gasteiger partial charge in [-0.1, -0.05) is 0 Å². The molecule has 0 saturated heterocycles. The summed E-state index contributed by atoms with van der Waals surface area (Å²) in [4.78, 5) is 1.35. The van der Waals surface area contributed by atoms with Gasteiger partial charge < -0.3 is 11.1 Å². The Hall–Kier alpha value is 0.100. The van der Waals surface area contributed by atoms with Crippen molar-refractivity contribution in [3.8, 4) is 0 Å². The second-order valence-electron chi connectivity index (χ2n) is 2.51. The van der Waals surface area contributed by atoms with E-state index in [2.05, 4.69) is 32.7 Å². The van der Waals surface area contributed by atoms with Gasteiger partial charge in [0.1, 0.15) is 0 Å². The number of rotatable bonds is 5. The van der Waals surface area contributed by atoms with Gasteiger partial charge in [0.15, 0.2) is 0 Å². The maximum atomic E-state index is 5.37. The first-order valence-electron chi connectivity index (χ1n) is 3.97. The van der Waals surface area contributed by atoms with Gasteiger partial charge in [0.05, 0.1) is 0 Å². The molecule has 0 bridgehead atoms. The highest BCUT2D eigenvalue weighted by Crippen LogP contribution is 2.21. The standard InChI is InChI=1S/C8H13BrN2S/c9-7-2-5-12-8(7)6-11-4-1-3-10/h2,5,11H,1,3-4,6,10H2. The lowest BCUT2D eigenvalue weighted by Gasteiger charge is -2.01. The number of hydrogen-bond donors (Lipinski definition) is 2. The van der Waals surface area contributed by atoms with Crippen molar-refractivity contribution >= 4 is 27.3 Å².